The molecule has 3 atom stereocenters. The lowest BCUT2D eigenvalue weighted by Gasteiger charge is -2.37. The summed E-state index contributed by atoms with van der Waals surface area (Å²) in [6.45, 7) is 6.27. The number of fused-ring (bicyclic) bond motifs is 1. The van der Waals surface area contributed by atoms with Crippen molar-refractivity contribution in [2.75, 3.05) is 20.7 Å². The van der Waals surface area contributed by atoms with Crippen LogP contribution in [-0.2, 0) is 14.3 Å². The first-order chi connectivity index (χ1) is 15.2. The monoisotopic (exact) mass is 441 g/mol. The summed E-state index contributed by atoms with van der Waals surface area (Å²) in [5.41, 5.74) is 3.20. The number of benzene rings is 1. The molecule has 0 saturated carbocycles. The molecule has 0 amide bonds. The summed E-state index contributed by atoms with van der Waals surface area (Å²) in [7, 11) is 3.49. The molecule has 3 rings (SSSR count). The van der Waals surface area contributed by atoms with Gasteiger partial charge in [0.05, 0.1) is 17.1 Å². The molecule has 1 N–H and O–H groups in total. The van der Waals surface area contributed by atoms with Crippen LogP contribution >= 0.6 is 0 Å². The standard InChI is InChI=1S/C25H35N3O4/c1-25(2,3)32-21(29)14-10-9-13-19-22(17-11-7-6-8-12-17)27-23-20(26-19)15-18(16-28(23)4)24(30)31-5/h6-8,11-12,15,18,23-24,30H,9-10,13-14,16H2,1-5H3. The molecule has 7 heteroatoms. The van der Waals surface area contributed by atoms with E-state index in [0.717, 1.165) is 35.5 Å². The topological polar surface area (TPSA) is 83.7 Å². The van der Waals surface area contributed by atoms with Crippen LogP contribution in [0, 0.1) is 5.92 Å². The normalized spacial score (nSPS) is 22.4. The highest BCUT2D eigenvalue weighted by molar-refractivity contribution is 6.49. The maximum atomic E-state index is 12.0. The number of aliphatic hydroxyl groups is 1. The van der Waals surface area contributed by atoms with Crippen LogP contribution in [0.2, 0.25) is 0 Å². The number of hydrogen-bond acceptors (Lipinski definition) is 7. The van der Waals surface area contributed by atoms with Gasteiger partial charge in [0, 0.05) is 31.6 Å². The third kappa shape index (κ3) is 6.34. The first-order valence-corrected chi connectivity index (χ1v) is 11.2. The quantitative estimate of drug-likeness (QED) is 0.379. The Morgan fingerprint density at radius 2 is 1.97 bits per heavy atom. The van der Waals surface area contributed by atoms with Crippen molar-refractivity contribution < 1.29 is 19.4 Å². The number of hydrogen-bond donors (Lipinski definition) is 1. The number of carbonyl (C=O) groups excluding carboxylic acids is 1. The van der Waals surface area contributed by atoms with E-state index in [-0.39, 0.29) is 18.1 Å². The fourth-order valence-corrected chi connectivity index (χ4v) is 3.99. The van der Waals surface area contributed by atoms with E-state index in [2.05, 4.69) is 4.90 Å². The zero-order chi connectivity index (χ0) is 23.3. The summed E-state index contributed by atoms with van der Waals surface area (Å²) in [5.74, 6) is -0.338. The van der Waals surface area contributed by atoms with Crippen LogP contribution in [-0.4, -0.2) is 66.2 Å². The largest absolute Gasteiger partial charge is 0.460 e. The van der Waals surface area contributed by atoms with E-state index < -0.39 is 11.9 Å². The molecule has 0 spiro atoms. The van der Waals surface area contributed by atoms with Crippen molar-refractivity contribution in [3.05, 3.63) is 47.7 Å². The van der Waals surface area contributed by atoms with Crippen molar-refractivity contribution in [2.24, 2.45) is 15.9 Å². The number of methoxy groups -OCH3 is 1. The van der Waals surface area contributed by atoms with Crippen molar-refractivity contribution in [2.45, 2.75) is 64.5 Å². The SMILES string of the molecule is COC(O)C1C=C2N=C(CCCCC(=O)OC(C)(C)C)C(c3ccccc3)=NC2N(C)C1. The van der Waals surface area contributed by atoms with Gasteiger partial charge in [-0.05, 0) is 53.2 Å². The molecule has 2 aliphatic heterocycles. The van der Waals surface area contributed by atoms with E-state index in [1.54, 1.807) is 0 Å². The van der Waals surface area contributed by atoms with Gasteiger partial charge in [-0.15, -0.1) is 0 Å². The summed E-state index contributed by atoms with van der Waals surface area (Å²) in [6, 6.07) is 10.1. The van der Waals surface area contributed by atoms with Crippen LogP contribution < -0.4 is 0 Å². The van der Waals surface area contributed by atoms with Crippen LogP contribution in [0.15, 0.2) is 52.1 Å². The highest BCUT2D eigenvalue weighted by Crippen LogP contribution is 2.29. The number of aliphatic hydroxyl groups excluding tert-OH is 1. The highest BCUT2D eigenvalue weighted by Gasteiger charge is 2.34. The van der Waals surface area contributed by atoms with E-state index in [0.29, 0.717) is 19.4 Å². The third-order valence-electron chi connectivity index (χ3n) is 5.47. The van der Waals surface area contributed by atoms with Crippen LogP contribution in [0.5, 0.6) is 0 Å². The Balaban J connectivity index is 1.77. The van der Waals surface area contributed by atoms with Crippen LogP contribution in [0.3, 0.4) is 0 Å². The number of esters is 1. The Kier molecular flexibility index (Phi) is 7.98. The number of ether oxygens (including phenoxy) is 2. The highest BCUT2D eigenvalue weighted by atomic mass is 16.6. The number of nitrogens with zero attached hydrogens (tertiary/aromatic N) is 3. The predicted octanol–water partition coefficient (Wildman–Crippen LogP) is 3.57. The molecular formula is C25H35N3O4. The van der Waals surface area contributed by atoms with Crippen LogP contribution in [0.4, 0.5) is 0 Å². The molecule has 3 unspecified atom stereocenters. The van der Waals surface area contributed by atoms with E-state index in [1.165, 1.54) is 7.11 Å². The van der Waals surface area contributed by atoms with Gasteiger partial charge in [0.25, 0.3) is 0 Å². The molecule has 0 bridgehead atoms. The number of unbranched alkanes of at least 4 members (excludes halogenated alkanes) is 1. The minimum Gasteiger partial charge on any atom is -0.460 e. The fraction of sp³-hybridized carbons (Fsp3) is 0.560. The van der Waals surface area contributed by atoms with Gasteiger partial charge in [0.2, 0.25) is 0 Å². The number of likely N-dealkylation sites (N-methyl/N-ethyl adjacent to an activating group) is 1. The summed E-state index contributed by atoms with van der Waals surface area (Å²) >= 11 is 0. The van der Waals surface area contributed by atoms with Crippen molar-refractivity contribution in [3.8, 4) is 0 Å². The van der Waals surface area contributed by atoms with Gasteiger partial charge in [0.15, 0.2) is 6.29 Å². The van der Waals surface area contributed by atoms with Gasteiger partial charge in [-0.2, -0.15) is 0 Å². The van der Waals surface area contributed by atoms with Crippen molar-refractivity contribution in [3.63, 3.8) is 0 Å². The zero-order valence-electron chi connectivity index (χ0n) is 19.7. The predicted molar refractivity (Wildman–Crippen MR) is 126 cm³/mol. The second kappa shape index (κ2) is 10.5. The molecule has 1 aromatic carbocycles. The maximum Gasteiger partial charge on any atom is 0.306 e. The van der Waals surface area contributed by atoms with Crippen molar-refractivity contribution >= 4 is 17.4 Å². The molecular weight excluding hydrogens is 406 g/mol. The van der Waals surface area contributed by atoms with Crippen LogP contribution in [0.25, 0.3) is 0 Å². The van der Waals surface area contributed by atoms with Gasteiger partial charge >= 0.3 is 5.97 Å². The fourth-order valence-electron chi connectivity index (χ4n) is 3.99. The van der Waals surface area contributed by atoms with E-state index in [9.17, 15) is 9.90 Å². The minimum atomic E-state index is -0.877. The molecule has 2 heterocycles. The second-order valence-corrected chi connectivity index (χ2v) is 9.39. The Labute approximate surface area is 190 Å². The summed E-state index contributed by atoms with van der Waals surface area (Å²) < 4.78 is 10.5. The maximum absolute atomic E-state index is 12.0. The molecule has 1 aromatic rings. The average Bonchev–Trinajstić information content (AvgIpc) is 2.75. The second-order valence-electron chi connectivity index (χ2n) is 9.39. The molecule has 0 radical (unpaired) electrons. The van der Waals surface area contributed by atoms with Crippen molar-refractivity contribution in [1.82, 2.24) is 4.90 Å². The first-order valence-electron chi connectivity index (χ1n) is 11.2. The molecule has 7 nitrogen and oxygen atoms in total. The zero-order valence-corrected chi connectivity index (χ0v) is 19.7. The minimum absolute atomic E-state index is 0.165. The molecule has 174 valence electrons. The number of rotatable bonds is 8. The Hall–Kier alpha value is -2.35. The summed E-state index contributed by atoms with van der Waals surface area (Å²) in [5, 5.41) is 10.2. The van der Waals surface area contributed by atoms with Gasteiger partial charge < -0.3 is 14.6 Å². The summed E-state index contributed by atoms with van der Waals surface area (Å²) in [6.07, 6.45) is 3.55. The smallest absolute Gasteiger partial charge is 0.306 e. The van der Waals surface area contributed by atoms with Gasteiger partial charge in [-0.25, -0.2) is 0 Å². The van der Waals surface area contributed by atoms with E-state index >= 15 is 0 Å². The Morgan fingerprint density at radius 1 is 1.25 bits per heavy atom. The van der Waals surface area contributed by atoms with E-state index in [4.69, 9.17) is 19.5 Å². The van der Waals surface area contributed by atoms with E-state index in [1.807, 2.05) is 64.2 Å². The molecule has 0 aliphatic carbocycles. The lowest BCUT2D eigenvalue weighted by molar-refractivity contribution is -0.154. The van der Waals surface area contributed by atoms with Gasteiger partial charge in [0.1, 0.15) is 11.8 Å². The molecule has 32 heavy (non-hydrogen) atoms. The lowest BCUT2D eigenvalue weighted by Crippen LogP contribution is -2.45. The van der Waals surface area contributed by atoms with Gasteiger partial charge in [-0.3, -0.25) is 19.7 Å². The van der Waals surface area contributed by atoms with Crippen LogP contribution in [0.1, 0.15) is 52.0 Å². The Morgan fingerprint density at radius 3 is 2.62 bits per heavy atom. The average molecular weight is 442 g/mol. The first kappa shape index (κ1) is 24.3. The molecule has 0 saturated heterocycles. The lowest BCUT2D eigenvalue weighted by atomic mass is 9.96. The third-order valence-corrected chi connectivity index (χ3v) is 5.47. The number of aliphatic imine (C=N–C) groups is 2. The molecule has 0 fully saturated rings. The van der Waals surface area contributed by atoms with Gasteiger partial charge in [-0.1, -0.05) is 30.3 Å². The molecule has 2 aliphatic rings. The number of carbonyl (C=O) groups is 1. The molecule has 0 aromatic heterocycles. The Bertz CT molecular complexity index is 886. The summed E-state index contributed by atoms with van der Waals surface area (Å²) in [4.78, 5) is 24.1. The van der Waals surface area contributed by atoms with Crippen molar-refractivity contribution in [1.29, 1.82) is 0 Å².